The summed E-state index contributed by atoms with van der Waals surface area (Å²) in [7, 11) is 0. The monoisotopic (exact) mass is 264 g/mol. The Hall–Kier alpha value is -0.550. The molecule has 13 heavy (non-hydrogen) atoms. The van der Waals surface area contributed by atoms with Crippen molar-refractivity contribution in [2.45, 2.75) is 4.90 Å². The van der Waals surface area contributed by atoms with E-state index in [-0.39, 0.29) is 10.0 Å². The lowest BCUT2D eigenvalue weighted by atomic mass is 10.2. The summed E-state index contributed by atoms with van der Waals surface area (Å²) in [4.78, 5) is 11.0. The number of rotatable bonds is 2. The first-order valence-corrected chi connectivity index (χ1v) is 5.35. The number of carboxylic acids is 1. The molecule has 0 aromatic heterocycles. The van der Waals surface area contributed by atoms with E-state index in [0.717, 1.165) is 0 Å². The Balaban J connectivity index is 3.31. The second-order valence-electron chi connectivity index (χ2n) is 2.25. The van der Waals surface area contributed by atoms with Crippen molar-refractivity contribution in [2.75, 3.05) is 6.26 Å². The van der Waals surface area contributed by atoms with Gasteiger partial charge in [0.25, 0.3) is 0 Å². The third-order valence-corrected chi connectivity index (χ3v) is 3.03. The summed E-state index contributed by atoms with van der Waals surface area (Å²) in [6, 6.07) is 2.83. The van der Waals surface area contributed by atoms with Gasteiger partial charge in [-0.25, -0.2) is 9.18 Å². The second kappa shape index (κ2) is 4.11. The van der Waals surface area contributed by atoms with E-state index in [9.17, 15) is 9.18 Å². The van der Waals surface area contributed by atoms with Gasteiger partial charge in [-0.2, -0.15) is 0 Å². The minimum Gasteiger partial charge on any atom is -0.478 e. The Labute approximate surface area is 87.3 Å². The molecule has 70 valence electrons. The Kier molecular flexibility index (Phi) is 3.33. The van der Waals surface area contributed by atoms with E-state index >= 15 is 0 Å². The van der Waals surface area contributed by atoms with Crippen LogP contribution in [0, 0.1) is 5.82 Å². The summed E-state index contributed by atoms with van der Waals surface area (Å²) >= 11 is 4.14. The standard InChI is InChI=1S/C8H6BrFO2S/c1-13-5-3-2-4(8(11)12)6(9)7(5)10/h2-3H,1H3,(H,11,12). The van der Waals surface area contributed by atoms with Gasteiger partial charge in [-0.05, 0) is 34.3 Å². The number of carboxylic acid groups (broad SMARTS) is 1. The van der Waals surface area contributed by atoms with E-state index in [2.05, 4.69) is 15.9 Å². The van der Waals surface area contributed by atoms with Crippen LogP contribution in [-0.2, 0) is 0 Å². The molecular formula is C8H6BrFO2S. The molecule has 0 atom stereocenters. The molecule has 0 bridgehead atoms. The van der Waals surface area contributed by atoms with Crippen LogP contribution in [0.3, 0.4) is 0 Å². The number of hydrogen-bond donors (Lipinski definition) is 1. The number of halogens is 2. The van der Waals surface area contributed by atoms with Gasteiger partial charge in [0.05, 0.1) is 10.0 Å². The lowest BCUT2D eigenvalue weighted by Gasteiger charge is -2.03. The van der Waals surface area contributed by atoms with E-state index < -0.39 is 11.8 Å². The molecule has 0 saturated carbocycles. The lowest BCUT2D eigenvalue weighted by Crippen LogP contribution is -1.99. The van der Waals surface area contributed by atoms with Crippen molar-refractivity contribution in [1.29, 1.82) is 0 Å². The zero-order valence-electron chi connectivity index (χ0n) is 6.67. The number of thioether (sulfide) groups is 1. The minimum atomic E-state index is -1.14. The summed E-state index contributed by atoms with van der Waals surface area (Å²) in [5.41, 5.74) is -0.0599. The van der Waals surface area contributed by atoms with Gasteiger partial charge < -0.3 is 5.11 Å². The van der Waals surface area contributed by atoms with E-state index in [0.29, 0.717) is 4.90 Å². The molecule has 1 aromatic carbocycles. The summed E-state index contributed by atoms with van der Waals surface area (Å²) in [6.07, 6.45) is 1.73. The molecule has 2 nitrogen and oxygen atoms in total. The zero-order valence-corrected chi connectivity index (χ0v) is 9.08. The highest BCUT2D eigenvalue weighted by Crippen LogP contribution is 2.28. The van der Waals surface area contributed by atoms with Gasteiger partial charge in [0.1, 0.15) is 0 Å². The molecule has 5 heteroatoms. The quantitative estimate of drug-likeness (QED) is 0.835. The minimum absolute atomic E-state index is 0.00634. The number of aromatic carboxylic acids is 1. The molecule has 0 radical (unpaired) electrons. The summed E-state index contributed by atoms with van der Waals surface area (Å²) in [5.74, 6) is -1.66. The van der Waals surface area contributed by atoms with Gasteiger partial charge in [-0.3, -0.25) is 0 Å². The average molecular weight is 265 g/mol. The van der Waals surface area contributed by atoms with Crippen molar-refractivity contribution in [3.05, 3.63) is 28.0 Å². The van der Waals surface area contributed by atoms with Crippen LogP contribution in [0.25, 0.3) is 0 Å². The van der Waals surface area contributed by atoms with Crippen LogP contribution in [0.15, 0.2) is 21.5 Å². The van der Waals surface area contributed by atoms with E-state index in [4.69, 9.17) is 5.11 Å². The average Bonchev–Trinajstić information content (AvgIpc) is 2.09. The van der Waals surface area contributed by atoms with Gasteiger partial charge in [0.2, 0.25) is 0 Å². The van der Waals surface area contributed by atoms with Crippen LogP contribution >= 0.6 is 27.7 Å². The van der Waals surface area contributed by atoms with Crippen LogP contribution in [0.1, 0.15) is 10.4 Å². The first-order chi connectivity index (χ1) is 6.07. The molecule has 0 unspecified atom stereocenters. The highest BCUT2D eigenvalue weighted by atomic mass is 79.9. The van der Waals surface area contributed by atoms with Crippen molar-refractivity contribution in [3.63, 3.8) is 0 Å². The topological polar surface area (TPSA) is 37.3 Å². The van der Waals surface area contributed by atoms with Gasteiger partial charge in [-0.15, -0.1) is 11.8 Å². The maximum Gasteiger partial charge on any atom is 0.336 e. The van der Waals surface area contributed by atoms with Crippen LogP contribution in [0.4, 0.5) is 4.39 Å². The van der Waals surface area contributed by atoms with E-state index in [1.807, 2.05) is 0 Å². The molecule has 0 heterocycles. The highest BCUT2D eigenvalue weighted by molar-refractivity contribution is 9.10. The molecular weight excluding hydrogens is 259 g/mol. The molecule has 0 aliphatic rings. The second-order valence-corrected chi connectivity index (χ2v) is 3.89. The summed E-state index contributed by atoms with van der Waals surface area (Å²) in [6.45, 7) is 0. The van der Waals surface area contributed by atoms with Crippen molar-refractivity contribution >= 4 is 33.7 Å². The predicted octanol–water partition coefficient (Wildman–Crippen LogP) is 3.01. The largest absolute Gasteiger partial charge is 0.478 e. The maximum absolute atomic E-state index is 13.3. The van der Waals surface area contributed by atoms with E-state index in [1.165, 1.54) is 23.9 Å². The molecule has 0 aliphatic heterocycles. The van der Waals surface area contributed by atoms with Gasteiger partial charge in [0, 0.05) is 4.90 Å². The first kappa shape index (κ1) is 10.5. The lowest BCUT2D eigenvalue weighted by molar-refractivity contribution is 0.0695. The molecule has 0 spiro atoms. The normalized spacial score (nSPS) is 10.1. The predicted molar refractivity (Wildman–Crippen MR) is 52.8 cm³/mol. The van der Waals surface area contributed by atoms with Gasteiger partial charge in [-0.1, -0.05) is 0 Å². The van der Waals surface area contributed by atoms with Gasteiger partial charge >= 0.3 is 5.97 Å². The van der Waals surface area contributed by atoms with Gasteiger partial charge in [0.15, 0.2) is 5.82 Å². The van der Waals surface area contributed by atoms with Crippen molar-refractivity contribution in [2.24, 2.45) is 0 Å². The fourth-order valence-corrected chi connectivity index (χ4v) is 1.99. The Morgan fingerprint density at radius 1 is 1.62 bits per heavy atom. The summed E-state index contributed by atoms with van der Waals surface area (Å²) in [5, 5.41) is 8.65. The Bertz CT molecular complexity index is 354. The number of carbonyl (C=O) groups is 1. The Morgan fingerprint density at radius 3 is 2.69 bits per heavy atom. The Morgan fingerprint density at radius 2 is 2.23 bits per heavy atom. The fourth-order valence-electron chi connectivity index (χ4n) is 0.855. The van der Waals surface area contributed by atoms with Crippen LogP contribution in [0.5, 0.6) is 0 Å². The third-order valence-electron chi connectivity index (χ3n) is 1.50. The molecule has 1 N–H and O–H groups in total. The molecule has 0 saturated heterocycles. The number of hydrogen-bond acceptors (Lipinski definition) is 2. The first-order valence-electron chi connectivity index (χ1n) is 3.33. The van der Waals surface area contributed by atoms with Crippen LogP contribution in [0.2, 0.25) is 0 Å². The summed E-state index contributed by atoms with van der Waals surface area (Å²) < 4.78 is 13.3. The van der Waals surface area contributed by atoms with Crippen LogP contribution in [-0.4, -0.2) is 17.3 Å². The van der Waals surface area contributed by atoms with Crippen LogP contribution < -0.4 is 0 Å². The molecule has 0 amide bonds. The SMILES string of the molecule is CSc1ccc(C(=O)O)c(Br)c1F. The third kappa shape index (κ3) is 2.03. The number of benzene rings is 1. The van der Waals surface area contributed by atoms with E-state index in [1.54, 1.807) is 6.26 Å². The maximum atomic E-state index is 13.3. The zero-order chi connectivity index (χ0) is 10.0. The molecule has 1 rings (SSSR count). The van der Waals surface area contributed by atoms with Crippen molar-refractivity contribution in [3.8, 4) is 0 Å². The molecule has 0 fully saturated rings. The highest BCUT2D eigenvalue weighted by Gasteiger charge is 2.14. The molecule has 0 aliphatic carbocycles. The van der Waals surface area contributed by atoms with Crippen molar-refractivity contribution in [1.82, 2.24) is 0 Å². The smallest absolute Gasteiger partial charge is 0.336 e. The van der Waals surface area contributed by atoms with Crippen molar-refractivity contribution < 1.29 is 14.3 Å². The fraction of sp³-hybridized carbons (Fsp3) is 0.125. The molecule has 1 aromatic rings.